The Morgan fingerprint density at radius 1 is 0.642 bits per heavy atom. The van der Waals surface area contributed by atoms with E-state index in [-0.39, 0.29) is 17.5 Å². The molecule has 4 amide bonds. The Morgan fingerprint density at radius 3 is 1.87 bits per heavy atom. The van der Waals surface area contributed by atoms with E-state index in [1.54, 1.807) is 72.8 Å². The summed E-state index contributed by atoms with van der Waals surface area (Å²) >= 11 is 1.36. The molecule has 10 heteroatoms. The minimum atomic E-state index is -0.590. The highest BCUT2D eigenvalue weighted by molar-refractivity contribution is 8.00. The summed E-state index contributed by atoms with van der Waals surface area (Å²) in [4.78, 5) is 52.6. The Balaban J connectivity index is 1.18. The maximum absolute atomic E-state index is 13.7. The number of thioether (sulfide) groups is 1. The van der Waals surface area contributed by atoms with Gasteiger partial charge in [-0.3, -0.25) is 19.2 Å². The molecular weight excluding hydrogens is 685 g/mol. The maximum Gasteiger partial charge on any atom is 0.272 e. The third-order valence-corrected chi connectivity index (χ3v) is 9.22. The number of nitrogens with one attached hydrogen (secondary N) is 4. The zero-order chi connectivity index (χ0) is 37.2. The Morgan fingerprint density at radius 2 is 1.23 bits per heavy atom. The highest BCUT2D eigenvalue weighted by atomic mass is 32.2. The standard InChI is InChI=1S/C43H36N4O5S/c1-28-13-15-30(16-14-28)39-26-23-36(52-39)27-38(47-41(49)32-11-7-4-8-12-32)42(50)45-35-21-24-37(25-22-35)53-40(31-9-5-3-6-10-31)43(51)46-34-19-17-33(18-20-34)44-29(2)48/h3-27,40H,1-2H3,(H,44,48)(H,45,50)(H,46,51)(H,47,49)/b38-27-/t40-/m0/s1. The first-order valence-electron chi connectivity index (χ1n) is 16.8. The van der Waals surface area contributed by atoms with Crippen LogP contribution in [0.25, 0.3) is 17.4 Å². The fourth-order valence-corrected chi connectivity index (χ4v) is 6.31. The molecular formula is C43H36N4O5S. The SMILES string of the molecule is CC(=O)Nc1ccc(NC(=O)[C@@H](Sc2ccc(NC(=O)/C(=C/c3ccc(-c4ccc(C)cc4)o3)NC(=O)c3ccccc3)cc2)c2ccccc2)cc1. The van der Waals surface area contributed by atoms with Crippen molar-refractivity contribution in [2.75, 3.05) is 16.0 Å². The van der Waals surface area contributed by atoms with Crippen LogP contribution in [0.4, 0.5) is 17.1 Å². The molecule has 6 rings (SSSR count). The van der Waals surface area contributed by atoms with Gasteiger partial charge in [-0.1, -0.05) is 78.4 Å². The average molecular weight is 721 g/mol. The molecule has 9 nitrogen and oxygen atoms in total. The van der Waals surface area contributed by atoms with Gasteiger partial charge >= 0.3 is 0 Å². The van der Waals surface area contributed by atoms with E-state index >= 15 is 0 Å². The van der Waals surface area contributed by atoms with Gasteiger partial charge in [-0.05, 0) is 85.3 Å². The molecule has 1 heterocycles. The van der Waals surface area contributed by atoms with Crippen LogP contribution in [0.2, 0.25) is 0 Å². The molecule has 1 aromatic heterocycles. The molecule has 6 aromatic rings. The Bertz CT molecular complexity index is 2230. The van der Waals surface area contributed by atoms with E-state index in [2.05, 4.69) is 21.3 Å². The molecule has 0 unspecified atom stereocenters. The quantitative estimate of drug-likeness (QED) is 0.0738. The second kappa shape index (κ2) is 17.0. The van der Waals surface area contributed by atoms with Crippen LogP contribution in [0.5, 0.6) is 0 Å². The van der Waals surface area contributed by atoms with Crippen molar-refractivity contribution in [1.29, 1.82) is 0 Å². The summed E-state index contributed by atoms with van der Waals surface area (Å²) in [5.41, 5.74) is 4.92. The van der Waals surface area contributed by atoms with Crippen LogP contribution in [-0.4, -0.2) is 23.6 Å². The normalized spacial score (nSPS) is 11.6. The lowest BCUT2D eigenvalue weighted by Crippen LogP contribution is -2.30. The number of furan rings is 1. The fraction of sp³-hybridized carbons (Fsp3) is 0.0698. The number of hydrogen-bond donors (Lipinski definition) is 4. The van der Waals surface area contributed by atoms with Crippen molar-refractivity contribution < 1.29 is 23.6 Å². The van der Waals surface area contributed by atoms with Crippen LogP contribution in [0.3, 0.4) is 0 Å². The minimum absolute atomic E-state index is 0.00645. The Labute approximate surface area is 311 Å². The van der Waals surface area contributed by atoms with Crippen LogP contribution in [0, 0.1) is 6.92 Å². The van der Waals surface area contributed by atoms with Gasteiger partial charge in [-0.2, -0.15) is 0 Å². The first-order chi connectivity index (χ1) is 25.7. The van der Waals surface area contributed by atoms with Gasteiger partial charge in [0.25, 0.3) is 11.8 Å². The van der Waals surface area contributed by atoms with Crippen LogP contribution < -0.4 is 21.3 Å². The summed E-state index contributed by atoms with van der Waals surface area (Å²) in [5.74, 6) is -0.382. The average Bonchev–Trinajstić information content (AvgIpc) is 3.64. The molecule has 0 aliphatic heterocycles. The maximum atomic E-state index is 13.7. The summed E-state index contributed by atoms with van der Waals surface area (Å²) in [6.45, 7) is 3.44. The smallest absolute Gasteiger partial charge is 0.272 e. The Kier molecular flexibility index (Phi) is 11.6. The van der Waals surface area contributed by atoms with Gasteiger partial charge < -0.3 is 25.7 Å². The summed E-state index contributed by atoms with van der Waals surface area (Å²) < 4.78 is 6.03. The predicted octanol–water partition coefficient (Wildman–Crippen LogP) is 9.10. The van der Waals surface area contributed by atoms with Crippen LogP contribution >= 0.6 is 11.8 Å². The third kappa shape index (κ3) is 9.99. The number of amides is 4. The molecule has 264 valence electrons. The first-order valence-corrected chi connectivity index (χ1v) is 17.6. The van der Waals surface area contributed by atoms with E-state index in [0.29, 0.717) is 34.1 Å². The van der Waals surface area contributed by atoms with Crippen molar-refractivity contribution in [3.8, 4) is 11.3 Å². The van der Waals surface area contributed by atoms with E-state index < -0.39 is 17.1 Å². The molecule has 0 fully saturated rings. The lowest BCUT2D eigenvalue weighted by Gasteiger charge is -2.18. The number of anilines is 3. The van der Waals surface area contributed by atoms with Crippen LogP contribution in [0.1, 0.15) is 39.4 Å². The van der Waals surface area contributed by atoms with Crippen molar-refractivity contribution in [3.63, 3.8) is 0 Å². The number of aryl methyl sites for hydroxylation is 1. The summed E-state index contributed by atoms with van der Waals surface area (Å²) in [6.07, 6.45) is 1.49. The largest absolute Gasteiger partial charge is 0.457 e. The lowest BCUT2D eigenvalue weighted by atomic mass is 10.1. The summed E-state index contributed by atoms with van der Waals surface area (Å²) in [6, 6.07) is 43.5. The van der Waals surface area contributed by atoms with Gasteiger partial charge in [0, 0.05) is 46.1 Å². The van der Waals surface area contributed by atoms with Gasteiger partial charge in [0.05, 0.1) is 0 Å². The van der Waals surface area contributed by atoms with Gasteiger partial charge in [0.15, 0.2) is 0 Å². The molecule has 0 radical (unpaired) electrons. The number of carbonyl (C=O) groups is 4. The minimum Gasteiger partial charge on any atom is -0.457 e. The number of hydrogen-bond acceptors (Lipinski definition) is 6. The molecule has 0 aliphatic rings. The van der Waals surface area contributed by atoms with Crippen molar-refractivity contribution in [2.24, 2.45) is 0 Å². The Hall–Kier alpha value is -6.65. The molecule has 0 aliphatic carbocycles. The number of rotatable bonds is 12. The van der Waals surface area contributed by atoms with E-state index in [1.807, 2.05) is 79.7 Å². The highest BCUT2D eigenvalue weighted by Crippen LogP contribution is 2.37. The van der Waals surface area contributed by atoms with E-state index in [1.165, 1.54) is 24.8 Å². The number of carbonyl (C=O) groups excluding carboxylic acids is 4. The zero-order valence-electron chi connectivity index (χ0n) is 29.0. The molecule has 5 aromatic carbocycles. The van der Waals surface area contributed by atoms with Crippen molar-refractivity contribution in [2.45, 2.75) is 24.0 Å². The van der Waals surface area contributed by atoms with Gasteiger partial charge in [-0.25, -0.2) is 0 Å². The highest BCUT2D eigenvalue weighted by Gasteiger charge is 2.23. The second-order valence-electron chi connectivity index (χ2n) is 12.1. The topological polar surface area (TPSA) is 130 Å². The molecule has 53 heavy (non-hydrogen) atoms. The van der Waals surface area contributed by atoms with Crippen LogP contribution in [0.15, 0.2) is 161 Å². The molecule has 0 saturated heterocycles. The van der Waals surface area contributed by atoms with E-state index in [9.17, 15) is 19.2 Å². The van der Waals surface area contributed by atoms with Gasteiger partial charge in [0.1, 0.15) is 22.5 Å². The lowest BCUT2D eigenvalue weighted by molar-refractivity contribution is -0.116. The molecule has 0 saturated carbocycles. The van der Waals surface area contributed by atoms with E-state index in [0.717, 1.165) is 21.6 Å². The molecule has 4 N–H and O–H groups in total. The van der Waals surface area contributed by atoms with E-state index in [4.69, 9.17) is 4.42 Å². The van der Waals surface area contributed by atoms with Gasteiger partial charge in [-0.15, -0.1) is 11.8 Å². The summed E-state index contributed by atoms with van der Waals surface area (Å²) in [7, 11) is 0. The van der Waals surface area contributed by atoms with Crippen molar-refractivity contribution in [3.05, 3.63) is 174 Å². The third-order valence-electron chi connectivity index (χ3n) is 7.96. The second-order valence-corrected chi connectivity index (χ2v) is 13.3. The van der Waals surface area contributed by atoms with Crippen molar-refractivity contribution >= 4 is 58.5 Å². The fourth-order valence-electron chi connectivity index (χ4n) is 5.29. The number of benzene rings is 5. The predicted molar refractivity (Wildman–Crippen MR) is 210 cm³/mol. The van der Waals surface area contributed by atoms with Crippen molar-refractivity contribution in [1.82, 2.24) is 5.32 Å². The molecule has 1 atom stereocenters. The zero-order valence-corrected chi connectivity index (χ0v) is 29.8. The molecule has 0 bridgehead atoms. The monoisotopic (exact) mass is 720 g/mol. The molecule has 0 spiro atoms. The first kappa shape index (κ1) is 36.2. The van der Waals surface area contributed by atoms with Gasteiger partial charge in [0.2, 0.25) is 11.8 Å². The summed E-state index contributed by atoms with van der Waals surface area (Å²) in [5, 5.41) is 10.7. The van der Waals surface area contributed by atoms with Crippen LogP contribution in [-0.2, 0) is 14.4 Å².